The van der Waals surface area contributed by atoms with Gasteiger partial charge in [0.15, 0.2) is 0 Å². The van der Waals surface area contributed by atoms with E-state index < -0.39 is 5.97 Å². The van der Waals surface area contributed by atoms with Crippen LogP contribution in [0.25, 0.3) is 0 Å². The number of ether oxygens (including phenoxy) is 1. The summed E-state index contributed by atoms with van der Waals surface area (Å²) in [4.78, 5) is 35.7. The van der Waals surface area contributed by atoms with E-state index in [4.69, 9.17) is 4.74 Å². The molecular formula is C14H22NO5-. The Labute approximate surface area is 119 Å². The second-order valence-corrected chi connectivity index (χ2v) is 5.29. The van der Waals surface area contributed by atoms with E-state index in [0.29, 0.717) is 32.5 Å². The van der Waals surface area contributed by atoms with Crippen molar-refractivity contribution in [2.24, 2.45) is 11.8 Å². The van der Waals surface area contributed by atoms with Crippen molar-refractivity contribution in [3.8, 4) is 0 Å². The van der Waals surface area contributed by atoms with Crippen molar-refractivity contribution in [1.29, 1.82) is 0 Å². The highest BCUT2D eigenvalue weighted by Gasteiger charge is 2.28. The van der Waals surface area contributed by atoms with Crippen LogP contribution in [-0.2, 0) is 19.1 Å². The zero-order valence-electron chi connectivity index (χ0n) is 12.1. The van der Waals surface area contributed by atoms with Gasteiger partial charge in [-0.2, -0.15) is 0 Å². The Morgan fingerprint density at radius 2 is 1.85 bits per heavy atom. The number of aliphatic carboxylic acids is 1. The van der Waals surface area contributed by atoms with E-state index in [1.807, 2.05) is 0 Å². The number of hydrogen-bond acceptors (Lipinski definition) is 5. The van der Waals surface area contributed by atoms with Crippen molar-refractivity contribution in [2.75, 3.05) is 19.7 Å². The first-order valence-electron chi connectivity index (χ1n) is 7.08. The van der Waals surface area contributed by atoms with Crippen molar-refractivity contribution in [3.63, 3.8) is 0 Å². The lowest BCUT2D eigenvalue weighted by Gasteiger charge is -2.31. The molecule has 0 aromatic carbocycles. The van der Waals surface area contributed by atoms with Crippen LogP contribution in [0.4, 0.5) is 0 Å². The van der Waals surface area contributed by atoms with Gasteiger partial charge in [-0.25, -0.2) is 0 Å². The molecule has 20 heavy (non-hydrogen) atoms. The minimum atomic E-state index is -1.13. The molecule has 0 spiro atoms. The van der Waals surface area contributed by atoms with E-state index in [-0.39, 0.29) is 36.6 Å². The molecule has 114 valence electrons. The van der Waals surface area contributed by atoms with Crippen LogP contribution in [0.2, 0.25) is 0 Å². The van der Waals surface area contributed by atoms with Crippen LogP contribution >= 0.6 is 0 Å². The lowest BCUT2D eigenvalue weighted by Crippen LogP contribution is -2.41. The van der Waals surface area contributed by atoms with Crippen molar-refractivity contribution in [2.45, 2.75) is 39.5 Å². The van der Waals surface area contributed by atoms with E-state index >= 15 is 0 Å². The summed E-state index contributed by atoms with van der Waals surface area (Å²) in [5.41, 5.74) is 0. The summed E-state index contributed by atoms with van der Waals surface area (Å²) in [5, 5.41) is 10.5. The number of carbonyl (C=O) groups excluding carboxylic acids is 3. The summed E-state index contributed by atoms with van der Waals surface area (Å²) in [6.45, 7) is 4.92. The topological polar surface area (TPSA) is 86.7 Å². The minimum Gasteiger partial charge on any atom is -0.550 e. The van der Waals surface area contributed by atoms with Gasteiger partial charge in [0.2, 0.25) is 5.91 Å². The normalized spacial score (nSPS) is 17.6. The number of amides is 1. The zero-order chi connectivity index (χ0) is 15.1. The van der Waals surface area contributed by atoms with Gasteiger partial charge < -0.3 is 19.5 Å². The number of piperidine rings is 1. The summed E-state index contributed by atoms with van der Waals surface area (Å²) in [6.07, 6.45) is 1.32. The third kappa shape index (κ3) is 5.19. The van der Waals surface area contributed by atoms with E-state index in [2.05, 4.69) is 0 Å². The lowest BCUT2D eigenvalue weighted by atomic mass is 9.96. The predicted molar refractivity (Wildman–Crippen MR) is 69.3 cm³/mol. The number of rotatable bonds is 6. The largest absolute Gasteiger partial charge is 0.550 e. The quantitative estimate of drug-likeness (QED) is 0.638. The fraction of sp³-hybridized carbons (Fsp3) is 0.786. The molecule has 0 bridgehead atoms. The highest BCUT2D eigenvalue weighted by molar-refractivity contribution is 5.78. The standard InChI is InChI=1S/C14H23NO5/c1-3-20-14(19)11-4-6-15(7-5-11)12(16)8-10(2)9-13(17)18/h10-11H,3-9H2,1-2H3,(H,17,18)/p-1/t10-/m0/s1. The molecule has 0 aromatic heterocycles. The van der Waals surface area contributed by atoms with E-state index in [9.17, 15) is 19.5 Å². The summed E-state index contributed by atoms with van der Waals surface area (Å²) < 4.78 is 4.97. The number of esters is 1. The van der Waals surface area contributed by atoms with Crippen LogP contribution in [0.1, 0.15) is 39.5 Å². The van der Waals surface area contributed by atoms with Crippen LogP contribution in [-0.4, -0.2) is 42.4 Å². The van der Waals surface area contributed by atoms with Gasteiger partial charge in [-0.3, -0.25) is 9.59 Å². The monoisotopic (exact) mass is 284 g/mol. The van der Waals surface area contributed by atoms with Crippen LogP contribution in [0.15, 0.2) is 0 Å². The summed E-state index contributed by atoms with van der Waals surface area (Å²) in [6, 6.07) is 0. The molecule has 0 aliphatic carbocycles. The lowest BCUT2D eigenvalue weighted by molar-refractivity contribution is -0.306. The Balaban J connectivity index is 2.35. The molecule has 1 rings (SSSR count). The predicted octanol–water partition coefficient (Wildman–Crippen LogP) is -0.0457. The van der Waals surface area contributed by atoms with E-state index in [0.717, 1.165) is 0 Å². The Kier molecular flexibility index (Phi) is 6.48. The Morgan fingerprint density at radius 3 is 2.35 bits per heavy atom. The third-order valence-electron chi connectivity index (χ3n) is 3.51. The molecule has 0 saturated carbocycles. The molecular weight excluding hydrogens is 262 g/mol. The van der Waals surface area contributed by atoms with Crippen LogP contribution in [0.5, 0.6) is 0 Å². The SMILES string of the molecule is CCOC(=O)C1CCN(C(=O)C[C@H](C)CC(=O)[O-])CC1. The molecule has 0 radical (unpaired) electrons. The van der Waals surface area contributed by atoms with E-state index in [1.54, 1.807) is 18.7 Å². The zero-order valence-corrected chi connectivity index (χ0v) is 12.1. The molecule has 1 saturated heterocycles. The molecule has 1 heterocycles. The molecule has 0 aromatic rings. The molecule has 1 aliphatic heterocycles. The van der Waals surface area contributed by atoms with Gasteiger partial charge in [-0.05, 0) is 32.1 Å². The fourth-order valence-corrected chi connectivity index (χ4v) is 2.41. The van der Waals surface area contributed by atoms with Crippen LogP contribution in [0.3, 0.4) is 0 Å². The number of carbonyl (C=O) groups is 3. The van der Waals surface area contributed by atoms with Gasteiger partial charge in [-0.15, -0.1) is 0 Å². The summed E-state index contributed by atoms with van der Waals surface area (Å²) >= 11 is 0. The molecule has 6 nitrogen and oxygen atoms in total. The number of carboxylic acids is 1. The maximum Gasteiger partial charge on any atom is 0.309 e. The third-order valence-corrected chi connectivity index (χ3v) is 3.51. The Bertz CT molecular complexity index is 361. The van der Waals surface area contributed by atoms with E-state index in [1.165, 1.54) is 0 Å². The molecule has 6 heteroatoms. The highest BCUT2D eigenvalue weighted by Crippen LogP contribution is 2.20. The first-order valence-corrected chi connectivity index (χ1v) is 7.08. The smallest absolute Gasteiger partial charge is 0.309 e. The maximum atomic E-state index is 12.0. The second kappa shape index (κ2) is 7.87. The molecule has 1 amide bonds. The average Bonchev–Trinajstić information content (AvgIpc) is 2.38. The highest BCUT2D eigenvalue weighted by atomic mass is 16.5. The molecule has 1 fully saturated rings. The second-order valence-electron chi connectivity index (χ2n) is 5.29. The summed E-state index contributed by atoms with van der Waals surface area (Å²) in [7, 11) is 0. The van der Waals surface area contributed by atoms with Crippen molar-refractivity contribution >= 4 is 17.8 Å². The van der Waals surface area contributed by atoms with Gasteiger partial charge in [0, 0.05) is 25.5 Å². The molecule has 0 N–H and O–H groups in total. The fourth-order valence-electron chi connectivity index (χ4n) is 2.41. The average molecular weight is 284 g/mol. The summed E-state index contributed by atoms with van der Waals surface area (Å²) in [5.74, 6) is -1.73. The maximum absolute atomic E-state index is 12.0. The van der Waals surface area contributed by atoms with Gasteiger partial charge >= 0.3 is 5.97 Å². The first-order chi connectivity index (χ1) is 9.43. The van der Waals surface area contributed by atoms with Crippen molar-refractivity contribution in [3.05, 3.63) is 0 Å². The Hall–Kier alpha value is -1.59. The van der Waals surface area contributed by atoms with Gasteiger partial charge in [0.05, 0.1) is 12.5 Å². The molecule has 1 atom stereocenters. The van der Waals surface area contributed by atoms with Crippen molar-refractivity contribution in [1.82, 2.24) is 4.90 Å². The minimum absolute atomic E-state index is 0.0546. The van der Waals surface area contributed by atoms with Gasteiger partial charge in [0.1, 0.15) is 0 Å². The number of nitrogens with zero attached hydrogens (tertiary/aromatic N) is 1. The van der Waals surface area contributed by atoms with Crippen LogP contribution in [0, 0.1) is 11.8 Å². The molecule has 0 unspecified atom stereocenters. The number of likely N-dealkylation sites (tertiary alicyclic amines) is 1. The molecule has 1 aliphatic rings. The Morgan fingerprint density at radius 1 is 1.25 bits per heavy atom. The van der Waals surface area contributed by atoms with Crippen LogP contribution < -0.4 is 5.11 Å². The number of hydrogen-bond donors (Lipinski definition) is 0. The van der Waals surface area contributed by atoms with Gasteiger partial charge in [-0.1, -0.05) is 6.92 Å². The van der Waals surface area contributed by atoms with Crippen molar-refractivity contribution < 1.29 is 24.2 Å². The number of carboxylic acid groups (broad SMARTS) is 1. The van der Waals surface area contributed by atoms with Gasteiger partial charge in [0.25, 0.3) is 0 Å². The first kappa shape index (κ1) is 16.5.